The molecule has 1 N–H and O–H groups in total. The van der Waals surface area contributed by atoms with Gasteiger partial charge in [-0.15, -0.1) is 17.9 Å². The minimum absolute atomic E-state index is 0.0646. The van der Waals surface area contributed by atoms with Crippen LogP contribution in [0.4, 0.5) is 5.00 Å². The van der Waals surface area contributed by atoms with E-state index in [0.29, 0.717) is 47.3 Å². The average molecular weight is 524 g/mol. The van der Waals surface area contributed by atoms with Gasteiger partial charge in [0.25, 0.3) is 5.91 Å². The molecular weight excluding hydrogens is 494 g/mol. The number of hydrogen-bond donors (Lipinski definition) is 1. The molecule has 7 heteroatoms. The summed E-state index contributed by atoms with van der Waals surface area (Å²) in [4.78, 5) is 14.2. The third kappa shape index (κ3) is 6.14. The summed E-state index contributed by atoms with van der Waals surface area (Å²) in [5, 5.41) is 22.9. The minimum Gasteiger partial charge on any atom is -0.490 e. The largest absolute Gasteiger partial charge is 0.490 e. The van der Waals surface area contributed by atoms with Crippen molar-refractivity contribution in [3.63, 3.8) is 0 Å². The van der Waals surface area contributed by atoms with Crippen LogP contribution < -0.4 is 14.8 Å². The maximum absolute atomic E-state index is 13.1. The quantitative estimate of drug-likeness (QED) is 0.180. The number of ether oxygens (including phenoxy) is 2. The van der Waals surface area contributed by atoms with Gasteiger partial charge in [-0.3, -0.25) is 4.79 Å². The third-order valence-corrected chi connectivity index (χ3v) is 7.44. The number of carbonyl (C=O) groups excluding carboxylic acids is 1. The molecule has 0 spiro atoms. The van der Waals surface area contributed by atoms with Gasteiger partial charge in [-0.2, -0.15) is 10.5 Å². The van der Waals surface area contributed by atoms with E-state index >= 15 is 0 Å². The first-order chi connectivity index (χ1) is 18.6. The van der Waals surface area contributed by atoms with Crippen molar-refractivity contribution >= 4 is 28.3 Å². The summed E-state index contributed by atoms with van der Waals surface area (Å²) in [5.41, 5.74) is 3.98. The molecule has 0 saturated carbocycles. The SMILES string of the molecule is C=CCc1cc(/C=C(\C#N)C(=O)Nc2sc3c(c2C#N)CCCC3)cc(OCC)c1OCc1ccccc1. The maximum atomic E-state index is 13.1. The first-order valence-corrected chi connectivity index (χ1v) is 13.4. The molecule has 192 valence electrons. The number of allylic oxidation sites excluding steroid dienone is 1. The number of fused-ring (bicyclic) bond motifs is 1. The maximum Gasteiger partial charge on any atom is 0.266 e. The van der Waals surface area contributed by atoms with Crippen LogP contribution >= 0.6 is 11.3 Å². The lowest BCUT2D eigenvalue weighted by molar-refractivity contribution is -0.112. The van der Waals surface area contributed by atoms with E-state index in [4.69, 9.17) is 9.47 Å². The highest BCUT2D eigenvalue weighted by Gasteiger charge is 2.23. The lowest BCUT2D eigenvalue weighted by atomic mass is 9.96. The molecule has 1 aliphatic carbocycles. The van der Waals surface area contributed by atoms with Crippen molar-refractivity contribution in [2.45, 2.75) is 45.6 Å². The first-order valence-electron chi connectivity index (χ1n) is 12.6. The topological polar surface area (TPSA) is 95.1 Å². The normalized spacial score (nSPS) is 12.6. The molecule has 0 unspecified atom stereocenters. The Labute approximate surface area is 227 Å². The van der Waals surface area contributed by atoms with Gasteiger partial charge in [0.15, 0.2) is 11.5 Å². The van der Waals surface area contributed by atoms with Crippen LogP contribution in [0, 0.1) is 22.7 Å². The van der Waals surface area contributed by atoms with Crippen molar-refractivity contribution in [2.24, 2.45) is 0 Å². The fourth-order valence-corrected chi connectivity index (χ4v) is 5.72. The molecule has 38 heavy (non-hydrogen) atoms. The van der Waals surface area contributed by atoms with E-state index < -0.39 is 5.91 Å². The molecule has 6 nitrogen and oxygen atoms in total. The minimum atomic E-state index is -0.546. The molecule has 1 aromatic heterocycles. The summed E-state index contributed by atoms with van der Waals surface area (Å²) < 4.78 is 12.1. The van der Waals surface area contributed by atoms with Crippen LogP contribution in [0.1, 0.15) is 52.5 Å². The van der Waals surface area contributed by atoms with E-state index in [0.717, 1.165) is 47.3 Å². The van der Waals surface area contributed by atoms with Crippen molar-refractivity contribution < 1.29 is 14.3 Å². The Morgan fingerprint density at radius 3 is 2.66 bits per heavy atom. The van der Waals surface area contributed by atoms with Crippen LogP contribution in [0.5, 0.6) is 11.5 Å². The van der Waals surface area contributed by atoms with Crippen molar-refractivity contribution in [3.05, 3.63) is 93.4 Å². The smallest absolute Gasteiger partial charge is 0.266 e. The van der Waals surface area contributed by atoms with Crippen LogP contribution in [0.3, 0.4) is 0 Å². The van der Waals surface area contributed by atoms with E-state index in [-0.39, 0.29) is 5.57 Å². The Morgan fingerprint density at radius 2 is 1.95 bits per heavy atom. The lowest BCUT2D eigenvalue weighted by Crippen LogP contribution is -2.13. The number of thiophene rings is 1. The molecule has 0 fully saturated rings. The first kappa shape index (κ1) is 26.7. The zero-order valence-electron chi connectivity index (χ0n) is 21.4. The molecule has 0 bridgehead atoms. The highest BCUT2D eigenvalue weighted by atomic mass is 32.1. The summed E-state index contributed by atoms with van der Waals surface area (Å²) in [7, 11) is 0. The average Bonchev–Trinajstić information content (AvgIpc) is 3.29. The van der Waals surface area contributed by atoms with Crippen LogP contribution in [-0.4, -0.2) is 12.5 Å². The lowest BCUT2D eigenvalue weighted by Gasteiger charge is -2.17. The van der Waals surface area contributed by atoms with Gasteiger partial charge in [0.05, 0.1) is 12.2 Å². The summed E-state index contributed by atoms with van der Waals surface area (Å²) in [6, 6.07) is 17.8. The predicted molar refractivity (Wildman–Crippen MR) is 150 cm³/mol. The standard InChI is InChI=1S/C31H29N3O3S/c1-3-10-23-15-22(17-27(36-4-2)29(23)37-20-21-11-6-5-7-12-21)16-24(18-32)30(35)34-31-26(19-33)25-13-8-9-14-28(25)38-31/h3,5-7,11-12,15-17H,1,4,8-10,13-14,20H2,2H3,(H,34,35)/b24-16+. The van der Waals surface area contributed by atoms with Crippen LogP contribution in [-0.2, 0) is 30.7 Å². The molecule has 0 atom stereocenters. The summed E-state index contributed by atoms with van der Waals surface area (Å²) in [6.45, 7) is 6.55. The van der Waals surface area contributed by atoms with E-state index in [1.54, 1.807) is 12.1 Å². The molecular formula is C31H29N3O3S. The van der Waals surface area contributed by atoms with Crippen molar-refractivity contribution in [1.82, 2.24) is 0 Å². The molecule has 0 radical (unpaired) electrons. The van der Waals surface area contributed by atoms with Gasteiger partial charge in [-0.1, -0.05) is 36.4 Å². The monoisotopic (exact) mass is 523 g/mol. The number of nitrogens with one attached hydrogen (secondary N) is 1. The van der Waals surface area contributed by atoms with Crippen LogP contribution in [0.15, 0.2) is 60.7 Å². The molecule has 0 aliphatic heterocycles. The van der Waals surface area contributed by atoms with Crippen molar-refractivity contribution in [1.29, 1.82) is 10.5 Å². The van der Waals surface area contributed by atoms with Gasteiger partial charge < -0.3 is 14.8 Å². The van der Waals surface area contributed by atoms with Crippen molar-refractivity contribution in [2.75, 3.05) is 11.9 Å². The Balaban J connectivity index is 1.63. The number of hydrogen-bond acceptors (Lipinski definition) is 6. The number of carbonyl (C=O) groups is 1. The number of aryl methyl sites for hydroxylation is 1. The second kappa shape index (κ2) is 12.8. The second-order valence-electron chi connectivity index (χ2n) is 8.86. The molecule has 1 amide bonds. The summed E-state index contributed by atoms with van der Waals surface area (Å²) >= 11 is 1.43. The summed E-state index contributed by atoms with van der Waals surface area (Å²) in [6.07, 6.45) is 7.70. The number of nitrogens with zero attached hydrogens (tertiary/aromatic N) is 2. The van der Waals surface area contributed by atoms with Gasteiger partial charge in [0.1, 0.15) is 29.3 Å². The zero-order valence-corrected chi connectivity index (χ0v) is 22.2. The van der Waals surface area contributed by atoms with Crippen LogP contribution in [0.25, 0.3) is 6.08 Å². The van der Waals surface area contributed by atoms with E-state index in [1.165, 1.54) is 17.4 Å². The third-order valence-electron chi connectivity index (χ3n) is 6.23. The van der Waals surface area contributed by atoms with E-state index in [2.05, 4.69) is 18.0 Å². The Kier molecular flexibility index (Phi) is 8.98. The fourth-order valence-electron chi connectivity index (χ4n) is 4.49. The predicted octanol–water partition coefficient (Wildman–Crippen LogP) is 6.75. The van der Waals surface area contributed by atoms with Crippen LogP contribution in [0.2, 0.25) is 0 Å². The van der Waals surface area contributed by atoms with Gasteiger partial charge in [0.2, 0.25) is 0 Å². The van der Waals surface area contributed by atoms with Gasteiger partial charge in [-0.05, 0) is 73.9 Å². The molecule has 3 aromatic rings. The number of benzene rings is 2. The molecule has 1 aliphatic rings. The second-order valence-corrected chi connectivity index (χ2v) is 9.96. The zero-order chi connectivity index (χ0) is 26.9. The molecule has 2 aromatic carbocycles. The number of amides is 1. The molecule has 4 rings (SSSR count). The summed E-state index contributed by atoms with van der Waals surface area (Å²) in [5.74, 6) is 0.596. The molecule has 0 saturated heterocycles. The molecule has 1 heterocycles. The van der Waals surface area contributed by atoms with E-state index in [1.807, 2.05) is 49.4 Å². The fraction of sp³-hybridized carbons (Fsp3) is 0.258. The Bertz CT molecular complexity index is 1440. The van der Waals surface area contributed by atoms with Gasteiger partial charge in [-0.25, -0.2) is 0 Å². The van der Waals surface area contributed by atoms with Gasteiger partial charge in [0, 0.05) is 10.4 Å². The highest BCUT2D eigenvalue weighted by Crippen LogP contribution is 2.38. The van der Waals surface area contributed by atoms with E-state index in [9.17, 15) is 15.3 Å². The Hall–Kier alpha value is -4.33. The number of rotatable bonds is 10. The number of anilines is 1. The Morgan fingerprint density at radius 1 is 1.16 bits per heavy atom. The van der Waals surface area contributed by atoms with Crippen molar-refractivity contribution in [3.8, 4) is 23.6 Å². The number of nitriles is 2. The highest BCUT2D eigenvalue weighted by molar-refractivity contribution is 7.16. The van der Waals surface area contributed by atoms with Gasteiger partial charge >= 0.3 is 0 Å².